The summed E-state index contributed by atoms with van der Waals surface area (Å²) in [6.07, 6.45) is 1.88. The molecule has 4 amide bonds. The van der Waals surface area contributed by atoms with Crippen LogP contribution in [-0.4, -0.2) is 75.5 Å². The van der Waals surface area contributed by atoms with E-state index in [9.17, 15) is 29.4 Å². The van der Waals surface area contributed by atoms with Crippen LogP contribution in [-0.2, 0) is 9.59 Å². The summed E-state index contributed by atoms with van der Waals surface area (Å²) in [5, 5.41) is 35.6. The van der Waals surface area contributed by atoms with E-state index in [1.54, 1.807) is 45.0 Å². The zero-order chi connectivity index (χ0) is 26.3. The molecule has 1 aromatic carbocycles. The Labute approximate surface area is 203 Å². The van der Waals surface area contributed by atoms with Crippen LogP contribution in [0.1, 0.15) is 50.8 Å². The van der Waals surface area contributed by atoms with Crippen LogP contribution in [0.25, 0.3) is 0 Å². The van der Waals surface area contributed by atoms with Gasteiger partial charge in [0.25, 0.3) is 0 Å². The van der Waals surface area contributed by atoms with Gasteiger partial charge in [0.1, 0.15) is 12.1 Å². The molecule has 0 aliphatic carbocycles. The lowest BCUT2D eigenvalue weighted by molar-refractivity contribution is -0.142. The molecule has 0 radical (unpaired) electrons. The number of rotatable bonds is 9. The molecule has 190 valence electrons. The Kier molecular flexibility index (Phi) is 9.08. The zero-order valence-corrected chi connectivity index (χ0v) is 19.9. The predicted molar refractivity (Wildman–Crippen MR) is 126 cm³/mol. The Morgan fingerprint density at radius 1 is 1.14 bits per heavy atom. The lowest BCUT2D eigenvalue weighted by Crippen LogP contribution is -2.58. The third-order valence-corrected chi connectivity index (χ3v) is 6.14. The summed E-state index contributed by atoms with van der Waals surface area (Å²) >= 11 is 0. The molecule has 4 atom stereocenters. The number of hydrogen-bond donors (Lipinski definition) is 6. The Morgan fingerprint density at radius 3 is 2.31 bits per heavy atom. The van der Waals surface area contributed by atoms with Gasteiger partial charge in [0.2, 0.25) is 11.8 Å². The lowest BCUT2D eigenvalue weighted by Gasteiger charge is -2.37. The average molecular weight is 489 g/mol. The number of amides is 4. The maximum absolute atomic E-state index is 13.5. The average Bonchev–Trinajstić information content (AvgIpc) is 3.18. The Hall–Kier alpha value is -3.78. The molecular weight excluding hydrogens is 456 g/mol. The molecule has 11 nitrogen and oxygen atoms in total. The number of nitrogens with zero attached hydrogens (tertiary/aromatic N) is 1. The fourth-order valence-corrected chi connectivity index (χ4v) is 4.08. The standard InChI is InChI=1S/C24H32N4O7/c1-5-15-6-8-16(9-7-15)14(2)26-20(30)18-12-17(29)13-28(18)21(31)19(27-23(34)35)24(3,4)10-11-25-22(32)33/h1,6-9,14,17-19,25,27,29H,10-13H2,2-4H3,(H,26,30)(H,32,33)(H,34,35)/t14-,17+,18-,19+/m0/s1. The van der Waals surface area contributed by atoms with Crippen LogP contribution in [0.3, 0.4) is 0 Å². The maximum Gasteiger partial charge on any atom is 0.405 e. The molecule has 1 saturated heterocycles. The summed E-state index contributed by atoms with van der Waals surface area (Å²) in [5.74, 6) is 1.36. The second kappa shape index (κ2) is 11.6. The number of aliphatic hydroxyl groups excluding tert-OH is 1. The van der Waals surface area contributed by atoms with Crippen molar-refractivity contribution < 1.29 is 34.5 Å². The molecule has 0 spiro atoms. The number of carboxylic acid groups (broad SMARTS) is 2. The van der Waals surface area contributed by atoms with Gasteiger partial charge in [-0.2, -0.15) is 0 Å². The summed E-state index contributed by atoms with van der Waals surface area (Å²) < 4.78 is 0. The number of β-amino-alcohol motifs (C(OH)–C–C–N with tert-alkyl or cyclic N) is 1. The molecule has 1 fully saturated rings. The minimum Gasteiger partial charge on any atom is -0.465 e. The van der Waals surface area contributed by atoms with Gasteiger partial charge in [-0.3, -0.25) is 9.59 Å². The van der Waals surface area contributed by atoms with Gasteiger partial charge in [-0.05, 0) is 36.5 Å². The monoisotopic (exact) mass is 488 g/mol. The van der Waals surface area contributed by atoms with Crippen LogP contribution in [0, 0.1) is 17.8 Å². The van der Waals surface area contributed by atoms with Gasteiger partial charge in [-0.15, -0.1) is 6.42 Å². The number of carbonyl (C=O) groups is 4. The fourth-order valence-electron chi connectivity index (χ4n) is 4.08. The van der Waals surface area contributed by atoms with Crippen molar-refractivity contribution in [2.24, 2.45) is 5.41 Å². The van der Waals surface area contributed by atoms with Gasteiger partial charge < -0.3 is 36.2 Å². The van der Waals surface area contributed by atoms with E-state index < -0.39 is 53.6 Å². The van der Waals surface area contributed by atoms with Gasteiger partial charge in [-0.25, -0.2) is 9.59 Å². The number of benzene rings is 1. The number of aliphatic hydroxyl groups is 1. The van der Waals surface area contributed by atoms with Crippen LogP contribution < -0.4 is 16.0 Å². The fraction of sp³-hybridized carbons (Fsp3) is 0.500. The highest BCUT2D eigenvalue weighted by atomic mass is 16.4. The number of terminal acetylenes is 1. The Bertz CT molecular complexity index is 987. The quantitative estimate of drug-likeness (QED) is 0.283. The molecule has 35 heavy (non-hydrogen) atoms. The maximum atomic E-state index is 13.5. The highest BCUT2D eigenvalue weighted by molar-refractivity contribution is 5.92. The molecule has 1 aromatic rings. The van der Waals surface area contributed by atoms with Crippen molar-refractivity contribution in [3.8, 4) is 12.3 Å². The van der Waals surface area contributed by atoms with Crippen molar-refractivity contribution in [1.82, 2.24) is 20.9 Å². The first-order chi connectivity index (χ1) is 16.4. The number of nitrogens with one attached hydrogen (secondary N) is 3. The minimum atomic E-state index is -1.44. The smallest absolute Gasteiger partial charge is 0.405 e. The highest BCUT2D eigenvalue weighted by Gasteiger charge is 2.45. The summed E-state index contributed by atoms with van der Waals surface area (Å²) in [6, 6.07) is 4.38. The van der Waals surface area contributed by atoms with Crippen molar-refractivity contribution >= 4 is 24.0 Å². The van der Waals surface area contributed by atoms with Crippen LogP contribution >= 0.6 is 0 Å². The van der Waals surface area contributed by atoms with E-state index in [0.29, 0.717) is 5.56 Å². The molecule has 1 aliphatic heterocycles. The van der Waals surface area contributed by atoms with Crippen LogP contribution in [0.4, 0.5) is 9.59 Å². The van der Waals surface area contributed by atoms with E-state index in [4.69, 9.17) is 11.5 Å². The molecule has 2 rings (SSSR count). The molecule has 1 heterocycles. The van der Waals surface area contributed by atoms with E-state index in [-0.39, 0.29) is 25.9 Å². The number of carbonyl (C=O) groups excluding carboxylic acids is 2. The number of likely N-dealkylation sites (tertiary alicyclic amines) is 1. The molecular formula is C24H32N4O7. The zero-order valence-electron chi connectivity index (χ0n) is 19.9. The molecule has 1 aliphatic rings. The molecule has 6 N–H and O–H groups in total. The van der Waals surface area contributed by atoms with E-state index in [1.165, 1.54) is 4.90 Å². The largest absolute Gasteiger partial charge is 0.465 e. The second-order valence-corrected chi connectivity index (χ2v) is 9.25. The van der Waals surface area contributed by atoms with Crippen LogP contribution in [0.2, 0.25) is 0 Å². The number of hydrogen-bond acceptors (Lipinski definition) is 5. The minimum absolute atomic E-state index is 0.00111. The summed E-state index contributed by atoms with van der Waals surface area (Å²) in [4.78, 5) is 50.0. The van der Waals surface area contributed by atoms with Crippen LogP contribution in [0.15, 0.2) is 24.3 Å². The third kappa shape index (κ3) is 7.35. The van der Waals surface area contributed by atoms with Gasteiger partial charge in [0.15, 0.2) is 0 Å². The van der Waals surface area contributed by atoms with E-state index in [2.05, 4.69) is 21.9 Å². The van der Waals surface area contributed by atoms with Gasteiger partial charge in [0, 0.05) is 25.1 Å². The Morgan fingerprint density at radius 2 is 1.77 bits per heavy atom. The molecule has 0 aromatic heterocycles. The lowest BCUT2D eigenvalue weighted by atomic mass is 9.80. The molecule has 11 heteroatoms. The van der Waals surface area contributed by atoms with Gasteiger partial charge in [0.05, 0.1) is 12.1 Å². The van der Waals surface area contributed by atoms with Crippen molar-refractivity contribution in [2.75, 3.05) is 13.1 Å². The second-order valence-electron chi connectivity index (χ2n) is 9.25. The molecule has 0 bridgehead atoms. The summed E-state index contributed by atoms with van der Waals surface area (Å²) in [7, 11) is 0. The molecule has 0 unspecified atom stereocenters. The van der Waals surface area contributed by atoms with Crippen molar-refractivity contribution in [2.45, 2.75) is 57.8 Å². The van der Waals surface area contributed by atoms with E-state index in [1.807, 2.05) is 0 Å². The van der Waals surface area contributed by atoms with E-state index in [0.717, 1.165) is 5.56 Å². The summed E-state index contributed by atoms with van der Waals surface area (Å²) in [6.45, 7) is 4.88. The summed E-state index contributed by atoms with van der Waals surface area (Å²) in [5.41, 5.74) is 0.491. The Balaban J connectivity index is 2.20. The molecule has 0 saturated carbocycles. The predicted octanol–water partition coefficient (Wildman–Crippen LogP) is 1.13. The first kappa shape index (κ1) is 27.5. The first-order valence-electron chi connectivity index (χ1n) is 11.2. The first-order valence-corrected chi connectivity index (χ1v) is 11.2. The third-order valence-electron chi connectivity index (χ3n) is 6.14. The van der Waals surface area contributed by atoms with Gasteiger partial charge >= 0.3 is 12.2 Å². The topological polar surface area (TPSA) is 168 Å². The normalized spacial score (nSPS) is 19.2. The highest BCUT2D eigenvalue weighted by Crippen LogP contribution is 2.29. The van der Waals surface area contributed by atoms with Crippen molar-refractivity contribution in [1.29, 1.82) is 0 Å². The van der Waals surface area contributed by atoms with Crippen molar-refractivity contribution in [3.63, 3.8) is 0 Å². The van der Waals surface area contributed by atoms with Gasteiger partial charge in [-0.1, -0.05) is 31.9 Å². The van der Waals surface area contributed by atoms with Crippen molar-refractivity contribution in [3.05, 3.63) is 35.4 Å². The van der Waals surface area contributed by atoms with E-state index >= 15 is 0 Å². The van der Waals surface area contributed by atoms with Crippen LogP contribution in [0.5, 0.6) is 0 Å². The SMILES string of the molecule is C#Cc1ccc([C@H](C)NC(=O)[C@@H]2C[C@@H](O)CN2C(=O)[C@@H](NC(=O)O)C(C)(C)CCNC(=O)O)cc1.